The maximum Gasteiger partial charge on any atom is 0.261 e. The maximum absolute atomic E-state index is 13.6. The van der Waals surface area contributed by atoms with E-state index in [2.05, 4.69) is 10.5 Å². The molecule has 3 aromatic rings. The zero-order valence-corrected chi connectivity index (χ0v) is 11.4. The largest absolute Gasteiger partial charge is 0.463 e. The van der Waals surface area contributed by atoms with Crippen LogP contribution >= 0.6 is 0 Å². The van der Waals surface area contributed by atoms with Crippen LogP contribution in [0.3, 0.4) is 0 Å². The molecule has 2 heterocycles. The summed E-state index contributed by atoms with van der Waals surface area (Å²) in [6.45, 7) is 1.55. The highest BCUT2D eigenvalue weighted by molar-refractivity contribution is 6.08. The third kappa shape index (κ3) is 2.48. The van der Waals surface area contributed by atoms with E-state index >= 15 is 0 Å². The molecule has 0 atom stereocenters. The van der Waals surface area contributed by atoms with Gasteiger partial charge in [0, 0.05) is 6.07 Å². The predicted octanol–water partition coefficient (Wildman–Crippen LogP) is 3.77. The van der Waals surface area contributed by atoms with Crippen molar-refractivity contribution in [2.24, 2.45) is 0 Å². The van der Waals surface area contributed by atoms with Gasteiger partial charge in [-0.2, -0.15) is 0 Å². The van der Waals surface area contributed by atoms with Crippen molar-refractivity contribution >= 4 is 11.6 Å². The molecule has 0 radical (unpaired) electrons. The Bertz CT molecular complexity index is 825. The monoisotopic (exact) mass is 304 g/mol. The van der Waals surface area contributed by atoms with Crippen LogP contribution in [0.15, 0.2) is 45.5 Å². The summed E-state index contributed by atoms with van der Waals surface area (Å²) >= 11 is 0. The molecule has 0 saturated heterocycles. The number of benzene rings is 1. The van der Waals surface area contributed by atoms with Crippen molar-refractivity contribution < 1.29 is 22.5 Å². The Morgan fingerprint density at radius 2 is 2.09 bits per heavy atom. The van der Waals surface area contributed by atoms with Crippen LogP contribution in [0.2, 0.25) is 0 Å². The summed E-state index contributed by atoms with van der Waals surface area (Å²) in [6.07, 6.45) is 1.43. The first-order valence-electron chi connectivity index (χ1n) is 6.33. The average Bonchev–Trinajstić information content (AvgIpc) is 3.10. The minimum absolute atomic E-state index is 0.124. The van der Waals surface area contributed by atoms with Gasteiger partial charge >= 0.3 is 0 Å². The number of hydrogen-bond donors (Lipinski definition) is 1. The molecule has 3 rings (SSSR count). The predicted molar refractivity (Wildman–Crippen MR) is 73.3 cm³/mol. The molecule has 0 fully saturated rings. The van der Waals surface area contributed by atoms with Gasteiger partial charge in [0.15, 0.2) is 11.5 Å². The number of aromatic nitrogens is 1. The first-order chi connectivity index (χ1) is 10.6. The van der Waals surface area contributed by atoms with Crippen molar-refractivity contribution in [3.63, 3.8) is 0 Å². The van der Waals surface area contributed by atoms with E-state index in [0.717, 1.165) is 12.1 Å². The second kappa shape index (κ2) is 5.44. The van der Waals surface area contributed by atoms with Crippen LogP contribution in [0.4, 0.5) is 14.5 Å². The van der Waals surface area contributed by atoms with E-state index in [4.69, 9.17) is 8.94 Å². The van der Waals surface area contributed by atoms with E-state index in [1.54, 1.807) is 19.1 Å². The van der Waals surface area contributed by atoms with E-state index in [-0.39, 0.29) is 22.7 Å². The van der Waals surface area contributed by atoms with Gasteiger partial charge in [-0.25, -0.2) is 8.78 Å². The lowest BCUT2D eigenvalue weighted by atomic mass is 10.1. The summed E-state index contributed by atoms with van der Waals surface area (Å²) in [6, 6.07) is 6.13. The summed E-state index contributed by atoms with van der Waals surface area (Å²) in [5.41, 5.74) is 0.193. The molecule has 0 bridgehead atoms. The van der Waals surface area contributed by atoms with E-state index in [1.165, 1.54) is 6.26 Å². The molecule has 5 nitrogen and oxygen atoms in total. The number of amides is 1. The Labute approximate surface area is 123 Å². The van der Waals surface area contributed by atoms with E-state index in [1.807, 2.05) is 0 Å². The van der Waals surface area contributed by atoms with Gasteiger partial charge in [0.2, 0.25) is 0 Å². The standard InChI is InChI=1S/C15H10F2N2O3/c1-8-13(14(19-22-8)12-3-2-6-21-12)15(20)18-11-5-4-9(16)7-10(11)17/h2-7H,1H3,(H,18,20). The normalized spacial score (nSPS) is 10.7. The Morgan fingerprint density at radius 1 is 1.27 bits per heavy atom. The van der Waals surface area contributed by atoms with Crippen LogP contribution in [0, 0.1) is 18.6 Å². The smallest absolute Gasteiger partial charge is 0.261 e. The first-order valence-corrected chi connectivity index (χ1v) is 6.33. The van der Waals surface area contributed by atoms with Crippen molar-refractivity contribution in [3.8, 4) is 11.5 Å². The first kappa shape index (κ1) is 14.0. The number of furan rings is 1. The summed E-state index contributed by atoms with van der Waals surface area (Å²) in [4.78, 5) is 12.3. The third-order valence-electron chi connectivity index (χ3n) is 3.02. The van der Waals surface area contributed by atoms with Crippen LogP contribution in [0.1, 0.15) is 16.1 Å². The van der Waals surface area contributed by atoms with Crippen molar-refractivity contribution in [2.75, 3.05) is 5.32 Å². The molecule has 7 heteroatoms. The zero-order chi connectivity index (χ0) is 15.7. The lowest BCUT2D eigenvalue weighted by molar-refractivity contribution is 0.102. The van der Waals surface area contributed by atoms with Gasteiger partial charge < -0.3 is 14.3 Å². The molecule has 1 N–H and O–H groups in total. The summed E-state index contributed by atoms with van der Waals surface area (Å²) in [7, 11) is 0. The van der Waals surface area contributed by atoms with E-state index in [9.17, 15) is 13.6 Å². The van der Waals surface area contributed by atoms with Crippen LogP contribution in [0.5, 0.6) is 0 Å². The molecule has 0 saturated carbocycles. The lowest BCUT2D eigenvalue weighted by Crippen LogP contribution is -2.14. The van der Waals surface area contributed by atoms with E-state index < -0.39 is 17.5 Å². The van der Waals surface area contributed by atoms with Crippen LogP contribution in [-0.2, 0) is 0 Å². The molecule has 0 aliphatic heterocycles. The quantitative estimate of drug-likeness (QED) is 0.799. The van der Waals surface area contributed by atoms with Crippen molar-refractivity contribution in [1.29, 1.82) is 0 Å². The molecular weight excluding hydrogens is 294 g/mol. The number of aryl methyl sites for hydroxylation is 1. The average molecular weight is 304 g/mol. The Balaban J connectivity index is 1.94. The maximum atomic E-state index is 13.6. The van der Waals surface area contributed by atoms with Gasteiger partial charge in [0.1, 0.15) is 23.0 Å². The van der Waals surface area contributed by atoms with Gasteiger partial charge in [-0.15, -0.1) is 0 Å². The van der Waals surface area contributed by atoms with Gasteiger partial charge in [-0.3, -0.25) is 4.79 Å². The molecule has 22 heavy (non-hydrogen) atoms. The molecule has 112 valence electrons. The van der Waals surface area contributed by atoms with Crippen molar-refractivity contribution in [1.82, 2.24) is 5.16 Å². The van der Waals surface area contributed by atoms with Crippen molar-refractivity contribution in [2.45, 2.75) is 6.92 Å². The van der Waals surface area contributed by atoms with Gasteiger partial charge in [-0.05, 0) is 31.2 Å². The summed E-state index contributed by atoms with van der Waals surface area (Å²) in [5, 5.41) is 6.13. The highest BCUT2D eigenvalue weighted by Gasteiger charge is 2.24. The SMILES string of the molecule is Cc1onc(-c2ccco2)c1C(=O)Nc1ccc(F)cc1F. The molecule has 0 spiro atoms. The molecule has 0 aliphatic rings. The lowest BCUT2D eigenvalue weighted by Gasteiger charge is -2.06. The fourth-order valence-corrected chi connectivity index (χ4v) is 2.00. The summed E-state index contributed by atoms with van der Waals surface area (Å²) < 4.78 is 36.7. The minimum atomic E-state index is -0.873. The second-order valence-corrected chi connectivity index (χ2v) is 4.52. The topological polar surface area (TPSA) is 68.3 Å². The minimum Gasteiger partial charge on any atom is -0.463 e. The van der Waals surface area contributed by atoms with Crippen LogP contribution in [0.25, 0.3) is 11.5 Å². The summed E-state index contributed by atoms with van der Waals surface area (Å²) in [5.74, 6) is -1.63. The highest BCUT2D eigenvalue weighted by Crippen LogP contribution is 2.27. The molecule has 1 aromatic carbocycles. The van der Waals surface area contributed by atoms with Crippen LogP contribution in [-0.4, -0.2) is 11.1 Å². The third-order valence-corrected chi connectivity index (χ3v) is 3.02. The van der Waals surface area contributed by atoms with Crippen LogP contribution < -0.4 is 5.32 Å². The number of carbonyl (C=O) groups is 1. The number of nitrogens with one attached hydrogen (secondary N) is 1. The zero-order valence-electron chi connectivity index (χ0n) is 11.4. The fraction of sp³-hybridized carbons (Fsp3) is 0.0667. The molecule has 0 unspecified atom stereocenters. The number of anilines is 1. The van der Waals surface area contributed by atoms with Crippen molar-refractivity contribution in [3.05, 3.63) is 59.6 Å². The van der Waals surface area contributed by atoms with Gasteiger partial charge in [-0.1, -0.05) is 5.16 Å². The van der Waals surface area contributed by atoms with Gasteiger partial charge in [0.25, 0.3) is 5.91 Å². The number of carbonyl (C=O) groups excluding carboxylic acids is 1. The number of halogens is 2. The molecule has 1 amide bonds. The molecular formula is C15H10F2N2O3. The Morgan fingerprint density at radius 3 is 2.77 bits per heavy atom. The Hall–Kier alpha value is -2.96. The Kier molecular flexibility index (Phi) is 3.46. The fourth-order valence-electron chi connectivity index (χ4n) is 2.00. The van der Waals surface area contributed by atoms with Gasteiger partial charge in [0.05, 0.1) is 12.0 Å². The second-order valence-electron chi connectivity index (χ2n) is 4.52. The highest BCUT2D eigenvalue weighted by atomic mass is 19.1. The number of nitrogens with zero attached hydrogens (tertiary/aromatic N) is 1. The number of rotatable bonds is 3. The molecule has 0 aliphatic carbocycles. The number of hydrogen-bond acceptors (Lipinski definition) is 4. The molecule has 2 aromatic heterocycles. The van der Waals surface area contributed by atoms with E-state index in [0.29, 0.717) is 11.8 Å².